The number of carbonyl (C=O) groups excluding carboxylic acids is 2. The van der Waals surface area contributed by atoms with Crippen LogP contribution in [0.3, 0.4) is 0 Å². The van der Waals surface area contributed by atoms with Gasteiger partial charge in [0.25, 0.3) is 5.91 Å². The maximum Gasteiger partial charge on any atom is 0.254 e. The first kappa shape index (κ1) is 20.9. The van der Waals surface area contributed by atoms with Gasteiger partial charge in [-0.2, -0.15) is 0 Å². The molecular formula is C20H25ClN2O2. The Morgan fingerprint density at radius 2 is 1.64 bits per heavy atom. The van der Waals surface area contributed by atoms with E-state index in [1.807, 2.05) is 39.1 Å². The van der Waals surface area contributed by atoms with Crippen molar-refractivity contribution in [2.75, 3.05) is 27.2 Å². The first-order valence-electron chi connectivity index (χ1n) is 8.06. The van der Waals surface area contributed by atoms with E-state index in [1.54, 1.807) is 36.2 Å². The third-order valence-electron chi connectivity index (χ3n) is 4.22. The first-order chi connectivity index (χ1) is 11.5. The molecule has 2 rings (SSSR count). The average Bonchev–Trinajstić information content (AvgIpc) is 2.60. The Bertz CT molecular complexity index is 759. The molecule has 0 bridgehead atoms. The molecule has 5 heteroatoms. The van der Waals surface area contributed by atoms with Gasteiger partial charge in [0.1, 0.15) is 0 Å². The molecule has 0 spiro atoms. The largest absolute Gasteiger partial charge is 0.340 e. The second-order valence-electron chi connectivity index (χ2n) is 6.00. The van der Waals surface area contributed by atoms with Crippen molar-refractivity contribution < 1.29 is 9.59 Å². The van der Waals surface area contributed by atoms with Gasteiger partial charge in [-0.05, 0) is 44.2 Å². The Hall–Kier alpha value is -2.17. The summed E-state index contributed by atoms with van der Waals surface area (Å²) >= 11 is 0. The minimum Gasteiger partial charge on any atom is -0.340 e. The van der Waals surface area contributed by atoms with Crippen molar-refractivity contribution in [1.29, 1.82) is 0 Å². The molecule has 25 heavy (non-hydrogen) atoms. The number of hydrogen-bond donors (Lipinski definition) is 1. The van der Waals surface area contributed by atoms with Crippen LogP contribution in [0.5, 0.6) is 0 Å². The number of halogens is 1. The molecule has 4 nitrogen and oxygen atoms in total. The van der Waals surface area contributed by atoms with Crippen molar-refractivity contribution in [2.45, 2.75) is 13.8 Å². The van der Waals surface area contributed by atoms with Gasteiger partial charge in [0.05, 0.1) is 5.56 Å². The number of rotatable bonds is 6. The SMILES string of the molecule is CNCCN(C)C(=O)c1ccccc1C(=O)c1ccc(C)c(C)c1.Cl. The standard InChI is InChI=1S/C20H24N2O2.ClH/c1-14-9-10-16(13-15(14)2)19(23)17-7-5-6-8-18(17)20(24)22(4)12-11-21-3;/h5-10,13,21H,11-12H2,1-4H3;1H. The summed E-state index contributed by atoms with van der Waals surface area (Å²) < 4.78 is 0. The maximum absolute atomic E-state index is 12.9. The van der Waals surface area contributed by atoms with Crippen LogP contribution in [0.2, 0.25) is 0 Å². The normalized spacial score (nSPS) is 10.1. The van der Waals surface area contributed by atoms with Crippen molar-refractivity contribution in [2.24, 2.45) is 0 Å². The molecule has 0 saturated carbocycles. The van der Waals surface area contributed by atoms with Gasteiger partial charge in [0.15, 0.2) is 5.78 Å². The topological polar surface area (TPSA) is 49.4 Å². The molecule has 0 radical (unpaired) electrons. The van der Waals surface area contributed by atoms with Crippen LogP contribution >= 0.6 is 12.4 Å². The molecule has 0 aliphatic rings. The number of carbonyl (C=O) groups is 2. The van der Waals surface area contributed by atoms with E-state index >= 15 is 0 Å². The van der Waals surface area contributed by atoms with Gasteiger partial charge < -0.3 is 10.2 Å². The highest BCUT2D eigenvalue weighted by Gasteiger charge is 2.20. The lowest BCUT2D eigenvalue weighted by Crippen LogP contribution is -2.33. The second-order valence-corrected chi connectivity index (χ2v) is 6.00. The molecule has 1 N–H and O–H groups in total. The maximum atomic E-state index is 12.9. The third-order valence-corrected chi connectivity index (χ3v) is 4.22. The predicted molar refractivity (Wildman–Crippen MR) is 104 cm³/mol. The van der Waals surface area contributed by atoms with Crippen molar-refractivity contribution >= 4 is 24.1 Å². The van der Waals surface area contributed by atoms with Crippen LogP contribution in [-0.2, 0) is 0 Å². The van der Waals surface area contributed by atoms with E-state index in [-0.39, 0.29) is 24.1 Å². The van der Waals surface area contributed by atoms with E-state index in [0.717, 1.165) is 11.1 Å². The third kappa shape index (κ3) is 4.91. The second kappa shape index (κ2) is 9.35. The molecule has 134 valence electrons. The van der Waals surface area contributed by atoms with Gasteiger partial charge >= 0.3 is 0 Å². The number of nitrogens with one attached hydrogen (secondary N) is 1. The number of likely N-dealkylation sites (N-methyl/N-ethyl adjacent to an activating group) is 2. The van der Waals surface area contributed by atoms with Crippen LogP contribution in [0, 0.1) is 13.8 Å². The Kier molecular flexibility index (Phi) is 7.81. The summed E-state index contributed by atoms with van der Waals surface area (Å²) in [6.07, 6.45) is 0. The van der Waals surface area contributed by atoms with Gasteiger partial charge in [-0.25, -0.2) is 0 Å². The monoisotopic (exact) mass is 360 g/mol. The molecule has 0 aromatic heterocycles. The molecule has 0 atom stereocenters. The summed E-state index contributed by atoms with van der Waals surface area (Å²) in [6.45, 7) is 5.28. The van der Waals surface area contributed by atoms with Crippen molar-refractivity contribution in [1.82, 2.24) is 10.2 Å². The number of nitrogens with zero attached hydrogens (tertiary/aromatic N) is 1. The number of aryl methyl sites for hydroxylation is 2. The van der Waals surface area contributed by atoms with E-state index in [9.17, 15) is 9.59 Å². The smallest absolute Gasteiger partial charge is 0.254 e. The molecule has 0 unspecified atom stereocenters. The minimum absolute atomic E-state index is 0. The van der Waals surface area contributed by atoms with Gasteiger partial charge in [0, 0.05) is 31.3 Å². The Morgan fingerprint density at radius 1 is 1.00 bits per heavy atom. The van der Waals surface area contributed by atoms with E-state index in [0.29, 0.717) is 29.8 Å². The summed E-state index contributed by atoms with van der Waals surface area (Å²) in [7, 11) is 3.59. The highest BCUT2D eigenvalue weighted by atomic mass is 35.5. The molecule has 0 aliphatic carbocycles. The van der Waals surface area contributed by atoms with Gasteiger partial charge in [-0.1, -0.05) is 30.3 Å². The van der Waals surface area contributed by atoms with Crippen LogP contribution in [0.1, 0.15) is 37.4 Å². The highest BCUT2D eigenvalue weighted by molar-refractivity contribution is 6.15. The molecule has 0 heterocycles. The predicted octanol–water partition coefficient (Wildman–Crippen LogP) is 3.25. The van der Waals surface area contributed by atoms with Gasteiger partial charge in [-0.3, -0.25) is 9.59 Å². The lowest BCUT2D eigenvalue weighted by atomic mass is 9.95. The number of amides is 1. The summed E-state index contributed by atoms with van der Waals surface area (Å²) in [5.41, 5.74) is 3.70. The van der Waals surface area contributed by atoms with Crippen LogP contribution in [0.15, 0.2) is 42.5 Å². The molecule has 0 fully saturated rings. The molecule has 2 aromatic rings. The fourth-order valence-corrected chi connectivity index (χ4v) is 2.49. The van der Waals surface area contributed by atoms with Crippen molar-refractivity contribution in [3.05, 3.63) is 70.3 Å². The van der Waals surface area contributed by atoms with Gasteiger partial charge in [0.2, 0.25) is 0 Å². The number of hydrogen-bond acceptors (Lipinski definition) is 3. The zero-order valence-corrected chi connectivity index (χ0v) is 15.9. The summed E-state index contributed by atoms with van der Waals surface area (Å²) in [6, 6.07) is 12.6. The minimum atomic E-state index is -0.141. The van der Waals surface area contributed by atoms with Crippen LogP contribution < -0.4 is 5.32 Å². The van der Waals surface area contributed by atoms with Crippen LogP contribution in [0.4, 0.5) is 0 Å². The quantitative estimate of drug-likeness (QED) is 0.804. The fourth-order valence-electron chi connectivity index (χ4n) is 2.49. The molecular weight excluding hydrogens is 336 g/mol. The average molecular weight is 361 g/mol. The lowest BCUT2D eigenvalue weighted by Gasteiger charge is -2.18. The van der Waals surface area contributed by atoms with Crippen LogP contribution in [0.25, 0.3) is 0 Å². The molecule has 0 aliphatic heterocycles. The summed E-state index contributed by atoms with van der Waals surface area (Å²) in [5.74, 6) is -0.262. The van der Waals surface area contributed by atoms with Crippen molar-refractivity contribution in [3.8, 4) is 0 Å². The lowest BCUT2D eigenvalue weighted by molar-refractivity contribution is 0.0792. The zero-order chi connectivity index (χ0) is 17.7. The zero-order valence-electron chi connectivity index (χ0n) is 15.1. The molecule has 2 aromatic carbocycles. The Balaban J connectivity index is 0.00000312. The van der Waals surface area contributed by atoms with E-state index in [2.05, 4.69) is 5.32 Å². The fraction of sp³-hybridized carbons (Fsp3) is 0.300. The van der Waals surface area contributed by atoms with Crippen LogP contribution in [-0.4, -0.2) is 43.8 Å². The Morgan fingerprint density at radius 3 is 2.24 bits per heavy atom. The number of benzene rings is 2. The van der Waals surface area contributed by atoms with Crippen molar-refractivity contribution in [3.63, 3.8) is 0 Å². The van der Waals surface area contributed by atoms with Gasteiger partial charge in [-0.15, -0.1) is 12.4 Å². The van der Waals surface area contributed by atoms with E-state index < -0.39 is 0 Å². The summed E-state index contributed by atoms with van der Waals surface area (Å²) in [4.78, 5) is 27.2. The summed E-state index contributed by atoms with van der Waals surface area (Å²) in [5, 5.41) is 3.02. The number of ketones is 1. The van der Waals surface area contributed by atoms with E-state index in [4.69, 9.17) is 0 Å². The first-order valence-corrected chi connectivity index (χ1v) is 8.06. The molecule has 1 amide bonds. The Labute approximate surface area is 155 Å². The highest BCUT2D eigenvalue weighted by Crippen LogP contribution is 2.18. The van der Waals surface area contributed by atoms with E-state index in [1.165, 1.54) is 0 Å². The molecule has 0 saturated heterocycles.